The maximum atomic E-state index is 12.2. The van der Waals surface area contributed by atoms with Gasteiger partial charge in [0, 0.05) is 11.4 Å². The lowest BCUT2D eigenvalue weighted by Gasteiger charge is -2.27. The highest BCUT2D eigenvalue weighted by Gasteiger charge is 2.47. The summed E-state index contributed by atoms with van der Waals surface area (Å²) in [4.78, 5) is 23.9. The van der Waals surface area contributed by atoms with Crippen LogP contribution in [-0.4, -0.2) is 23.7 Å². The zero-order valence-corrected chi connectivity index (χ0v) is 12.4. The molecule has 0 aromatic heterocycles. The van der Waals surface area contributed by atoms with Crippen LogP contribution >= 0.6 is 11.6 Å². The van der Waals surface area contributed by atoms with E-state index in [1.165, 1.54) is 0 Å². The fraction of sp³-hybridized carbons (Fsp3) is 0.467. The maximum absolute atomic E-state index is 12.2. The minimum Gasteiger partial charge on any atom is -0.480 e. The summed E-state index contributed by atoms with van der Waals surface area (Å²) in [5, 5.41) is 10.0. The van der Waals surface area contributed by atoms with E-state index in [2.05, 4.69) is 0 Å². The molecule has 0 saturated carbocycles. The first-order valence-corrected chi connectivity index (χ1v) is 6.99. The van der Waals surface area contributed by atoms with Crippen molar-refractivity contribution in [1.29, 1.82) is 0 Å². The van der Waals surface area contributed by atoms with E-state index in [0.29, 0.717) is 17.0 Å². The highest BCUT2D eigenvalue weighted by Crippen LogP contribution is 2.33. The predicted molar refractivity (Wildman–Crippen MR) is 76.8 cm³/mol. The fourth-order valence-electron chi connectivity index (χ4n) is 2.20. The van der Waals surface area contributed by atoms with Gasteiger partial charge >= 0.3 is 11.9 Å². The van der Waals surface area contributed by atoms with Crippen molar-refractivity contribution in [2.24, 2.45) is 5.41 Å². The van der Waals surface area contributed by atoms with Crippen LogP contribution in [0.2, 0.25) is 5.02 Å². The molecule has 0 heterocycles. The first-order chi connectivity index (χ1) is 9.47. The van der Waals surface area contributed by atoms with Crippen molar-refractivity contribution in [3.63, 3.8) is 0 Å². The Balaban J connectivity index is 3.19. The van der Waals surface area contributed by atoms with Gasteiger partial charge in [-0.15, -0.1) is 0 Å². The Morgan fingerprint density at radius 1 is 1.30 bits per heavy atom. The molecule has 0 spiro atoms. The van der Waals surface area contributed by atoms with Gasteiger partial charge in [0.1, 0.15) is 0 Å². The molecule has 1 unspecified atom stereocenters. The molecule has 0 aliphatic heterocycles. The number of hydrogen-bond acceptors (Lipinski definition) is 3. The summed E-state index contributed by atoms with van der Waals surface area (Å²) in [5.74, 6) is -1.87. The van der Waals surface area contributed by atoms with Gasteiger partial charge in [-0.3, -0.25) is 9.59 Å². The highest BCUT2D eigenvalue weighted by molar-refractivity contribution is 6.31. The molecule has 0 amide bonds. The van der Waals surface area contributed by atoms with Crippen LogP contribution in [0.3, 0.4) is 0 Å². The molecular formula is C15H19ClO4. The molecule has 1 aromatic carbocycles. The van der Waals surface area contributed by atoms with Crippen molar-refractivity contribution < 1.29 is 19.4 Å². The third kappa shape index (κ3) is 3.51. The van der Waals surface area contributed by atoms with Crippen molar-refractivity contribution in [3.8, 4) is 0 Å². The minimum absolute atomic E-state index is 0.0364. The number of halogens is 1. The van der Waals surface area contributed by atoms with Crippen LogP contribution in [0.5, 0.6) is 0 Å². The lowest BCUT2D eigenvalue weighted by atomic mass is 9.77. The van der Waals surface area contributed by atoms with Crippen LogP contribution in [0.4, 0.5) is 0 Å². The van der Waals surface area contributed by atoms with Crippen LogP contribution in [0.15, 0.2) is 24.3 Å². The van der Waals surface area contributed by atoms with E-state index in [4.69, 9.17) is 16.3 Å². The van der Waals surface area contributed by atoms with Crippen molar-refractivity contribution in [2.45, 2.75) is 33.1 Å². The monoisotopic (exact) mass is 298 g/mol. The van der Waals surface area contributed by atoms with Gasteiger partial charge in [-0.05, 0) is 25.0 Å². The summed E-state index contributed by atoms with van der Waals surface area (Å²) < 4.78 is 4.97. The number of benzene rings is 1. The Morgan fingerprint density at radius 3 is 2.45 bits per heavy atom. The molecule has 0 aliphatic rings. The van der Waals surface area contributed by atoms with Gasteiger partial charge in [0.2, 0.25) is 0 Å². The number of carboxylic acids is 1. The summed E-state index contributed by atoms with van der Waals surface area (Å²) in [6, 6.07) is 6.94. The quantitative estimate of drug-likeness (QED) is 0.619. The molecule has 1 N–H and O–H groups in total. The summed E-state index contributed by atoms with van der Waals surface area (Å²) in [5.41, 5.74) is -0.937. The van der Waals surface area contributed by atoms with Crippen LogP contribution in [0.1, 0.15) is 32.3 Å². The summed E-state index contributed by atoms with van der Waals surface area (Å²) in [7, 11) is 0. The topological polar surface area (TPSA) is 63.6 Å². The molecule has 20 heavy (non-hydrogen) atoms. The molecule has 4 nitrogen and oxygen atoms in total. The Morgan fingerprint density at radius 2 is 1.95 bits per heavy atom. The molecule has 5 heteroatoms. The van der Waals surface area contributed by atoms with E-state index in [0.717, 1.165) is 0 Å². The third-order valence-electron chi connectivity index (χ3n) is 3.20. The number of ether oxygens (including phenoxy) is 1. The van der Waals surface area contributed by atoms with Gasteiger partial charge in [0.15, 0.2) is 5.41 Å². The van der Waals surface area contributed by atoms with Gasteiger partial charge in [0.25, 0.3) is 0 Å². The molecule has 1 rings (SSSR count). The van der Waals surface area contributed by atoms with Crippen LogP contribution < -0.4 is 0 Å². The predicted octanol–water partition coefficient (Wildman–Crippen LogP) is 3.32. The average Bonchev–Trinajstić information content (AvgIpc) is 2.40. The largest absolute Gasteiger partial charge is 0.480 e. The second-order valence-corrected chi connectivity index (χ2v) is 5.03. The molecule has 0 aliphatic carbocycles. The summed E-state index contributed by atoms with van der Waals surface area (Å²) in [6.45, 7) is 3.65. The van der Waals surface area contributed by atoms with Gasteiger partial charge in [-0.1, -0.05) is 43.1 Å². The van der Waals surface area contributed by atoms with E-state index in [1.807, 2.05) is 6.92 Å². The first kappa shape index (κ1) is 16.5. The van der Waals surface area contributed by atoms with Crippen LogP contribution in [0, 0.1) is 5.41 Å². The summed E-state index contributed by atoms with van der Waals surface area (Å²) in [6.07, 6.45) is 0.816. The molecular weight excluding hydrogens is 280 g/mol. The molecule has 1 atom stereocenters. The van der Waals surface area contributed by atoms with Gasteiger partial charge < -0.3 is 9.84 Å². The summed E-state index contributed by atoms with van der Waals surface area (Å²) >= 11 is 6.07. The highest BCUT2D eigenvalue weighted by atomic mass is 35.5. The number of aliphatic carboxylic acids is 1. The Labute approximate surface area is 123 Å². The zero-order chi connectivity index (χ0) is 15.2. The molecule has 0 fully saturated rings. The van der Waals surface area contributed by atoms with Crippen molar-refractivity contribution in [1.82, 2.24) is 0 Å². The number of carbonyl (C=O) groups is 2. The fourth-order valence-corrected chi connectivity index (χ4v) is 2.40. The normalized spacial score (nSPS) is 13.6. The molecule has 0 radical (unpaired) electrons. The Bertz CT molecular complexity index is 487. The van der Waals surface area contributed by atoms with Crippen molar-refractivity contribution in [2.75, 3.05) is 6.61 Å². The average molecular weight is 299 g/mol. The molecule has 0 saturated heterocycles. The van der Waals surface area contributed by atoms with E-state index in [1.54, 1.807) is 31.2 Å². The van der Waals surface area contributed by atoms with Crippen molar-refractivity contribution in [3.05, 3.63) is 34.9 Å². The van der Waals surface area contributed by atoms with Gasteiger partial charge in [0.05, 0.1) is 6.61 Å². The SMILES string of the molecule is CCCC(Cc1ccccc1Cl)(C(=O)O)C(=O)OCC. The number of esters is 1. The zero-order valence-electron chi connectivity index (χ0n) is 11.7. The molecule has 1 aromatic rings. The minimum atomic E-state index is -1.57. The van der Waals surface area contributed by atoms with Crippen LogP contribution in [0.25, 0.3) is 0 Å². The smallest absolute Gasteiger partial charge is 0.323 e. The lowest BCUT2D eigenvalue weighted by Crippen LogP contribution is -2.42. The van der Waals surface area contributed by atoms with E-state index in [9.17, 15) is 14.7 Å². The van der Waals surface area contributed by atoms with E-state index in [-0.39, 0.29) is 19.4 Å². The van der Waals surface area contributed by atoms with E-state index >= 15 is 0 Å². The number of carbonyl (C=O) groups excluding carboxylic acids is 1. The third-order valence-corrected chi connectivity index (χ3v) is 3.57. The maximum Gasteiger partial charge on any atom is 0.323 e. The Hall–Kier alpha value is -1.55. The van der Waals surface area contributed by atoms with E-state index < -0.39 is 17.4 Å². The lowest BCUT2D eigenvalue weighted by molar-refractivity contribution is -0.169. The van der Waals surface area contributed by atoms with Crippen molar-refractivity contribution >= 4 is 23.5 Å². The number of rotatable bonds is 7. The van der Waals surface area contributed by atoms with Gasteiger partial charge in [-0.25, -0.2) is 0 Å². The van der Waals surface area contributed by atoms with Crippen LogP contribution in [-0.2, 0) is 20.7 Å². The standard InChI is InChI=1S/C15H19ClO4/c1-3-9-15(13(17)18,14(19)20-4-2)10-11-7-5-6-8-12(11)16/h5-8H,3-4,9-10H2,1-2H3,(H,17,18). The number of carboxylic acid groups (broad SMARTS) is 1. The Kier molecular flexibility index (Phi) is 6.02. The second-order valence-electron chi connectivity index (χ2n) is 4.63. The van der Waals surface area contributed by atoms with Gasteiger partial charge in [-0.2, -0.15) is 0 Å². The number of hydrogen-bond donors (Lipinski definition) is 1. The first-order valence-electron chi connectivity index (χ1n) is 6.62. The second kappa shape index (κ2) is 7.29. The molecule has 110 valence electrons. The molecule has 0 bridgehead atoms.